The largest absolute Gasteiger partial charge is 0.342 e. The van der Waals surface area contributed by atoms with Crippen LogP contribution in [0.15, 0.2) is 25.3 Å². The lowest BCUT2D eigenvalue weighted by atomic mass is 10.2. The molecule has 66 valence electrons. The highest BCUT2D eigenvalue weighted by molar-refractivity contribution is 5.90. The van der Waals surface area contributed by atoms with E-state index < -0.39 is 0 Å². The summed E-state index contributed by atoms with van der Waals surface area (Å²) in [4.78, 5) is 23.1. The maximum absolute atomic E-state index is 10.9. The Hall–Kier alpha value is -1.38. The van der Waals surface area contributed by atoms with Crippen molar-refractivity contribution < 1.29 is 9.59 Å². The lowest BCUT2D eigenvalue weighted by Crippen LogP contribution is -2.26. The number of ketones is 1. The molecule has 0 aromatic rings. The number of allylic oxidation sites excluding steroid dienone is 1. The first-order valence-electron chi connectivity index (χ1n) is 3.64. The zero-order valence-electron chi connectivity index (χ0n) is 7.25. The van der Waals surface area contributed by atoms with Crippen molar-refractivity contribution in [3.8, 4) is 0 Å². The standard InChI is InChI=1S/C9H13NO2/c1-4-8(11)6-7-10(3)9(12)5-2/h4-5H,1-2,6-7H2,3H3. The monoisotopic (exact) mass is 167 g/mol. The molecule has 0 radical (unpaired) electrons. The Morgan fingerprint density at radius 3 is 2.33 bits per heavy atom. The van der Waals surface area contributed by atoms with Crippen molar-refractivity contribution in [2.24, 2.45) is 0 Å². The van der Waals surface area contributed by atoms with Crippen LogP contribution in [0.1, 0.15) is 6.42 Å². The molecule has 0 aliphatic rings. The van der Waals surface area contributed by atoms with Gasteiger partial charge in [0.1, 0.15) is 0 Å². The Morgan fingerprint density at radius 2 is 1.92 bits per heavy atom. The minimum absolute atomic E-state index is 0.0567. The summed E-state index contributed by atoms with van der Waals surface area (Å²) in [6.07, 6.45) is 2.80. The van der Waals surface area contributed by atoms with Gasteiger partial charge in [-0.2, -0.15) is 0 Å². The fourth-order valence-corrected chi connectivity index (χ4v) is 0.646. The van der Waals surface area contributed by atoms with Crippen LogP contribution >= 0.6 is 0 Å². The summed E-state index contributed by atoms with van der Waals surface area (Å²) in [5, 5.41) is 0. The van der Waals surface area contributed by atoms with Crippen LogP contribution in [0.3, 0.4) is 0 Å². The third kappa shape index (κ3) is 3.71. The first kappa shape index (κ1) is 10.6. The van der Waals surface area contributed by atoms with Crippen LogP contribution in [0.5, 0.6) is 0 Å². The smallest absolute Gasteiger partial charge is 0.245 e. The van der Waals surface area contributed by atoms with Crippen molar-refractivity contribution in [1.29, 1.82) is 0 Å². The van der Waals surface area contributed by atoms with Crippen LogP contribution in [0, 0.1) is 0 Å². The Labute approximate surface area is 72.4 Å². The molecule has 0 aromatic heterocycles. The van der Waals surface area contributed by atoms with E-state index in [9.17, 15) is 9.59 Å². The normalized spacial score (nSPS) is 8.75. The van der Waals surface area contributed by atoms with Gasteiger partial charge in [0.15, 0.2) is 5.78 Å². The van der Waals surface area contributed by atoms with Gasteiger partial charge in [-0.15, -0.1) is 0 Å². The Kier molecular flexibility index (Phi) is 4.69. The van der Waals surface area contributed by atoms with Crippen molar-refractivity contribution in [2.45, 2.75) is 6.42 Å². The quantitative estimate of drug-likeness (QED) is 0.567. The van der Waals surface area contributed by atoms with E-state index in [0.29, 0.717) is 13.0 Å². The second kappa shape index (κ2) is 5.29. The molecule has 0 spiro atoms. The second-order valence-corrected chi connectivity index (χ2v) is 2.38. The highest BCUT2D eigenvalue weighted by Gasteiger charge is 2.04. The van der Waals surface area contributed by atoms with Gasteiger partial charge >= 0.3 is 0 Å². The van der Waals surface area contributed by atoms with Gasteiger partial charge < -0.3 is 4.90 Å². The van der Waals surface area contributed by atoms with E-state index in [1.807, 2.05) is 0 Å². The Balaban J connectivity index is 3.78. The first-order chi connectivity index (χ1) is 5.61. The van der Waals surface area contributed by atoms with E-state index in [-0.39, 0.29) is 11.7 Å². The molecule has 12 heavy (non-hydrogen) atoms. The summed E-state index contributed by atoms with van der Waals surface area (Å²) < 4.78 is 0. The van der Waals surface area contributed by atoms with Gasteiger partial charge in [-0.25, -0.2) is 0 Å². The molecular formula is C9H13NO2. The van der Waals surface area contributed by atoms with Crippen LogP contribution in [0.25, 0.3) is 0 Å². The van der Waals surface area contributed by atoms with Crippen molar-refractivity contribution >= 4 is 11.7 Å². The topological polar surface area (TPSA) is 37.4 Å². The van der Waals surface area contributed by atoms with Crippen LogP contribution in [0.4, 0.5) is 0 Å². The van der Waals surface area contributed by atoms with E-state index in [2.05, 4.69) is 13.2 Å². The van der Waals surface area contributed by atoms with E-state index >= 15 is 0 Å². The van der Waals surface area contributed by atoms with Gasteiger partial charge in [0.2, 0.25) is 5.91 Å². The van der Waals surface area contributed by atoms with Gasteiger partial charge in [-0.1, -0.05) is 13.2 Å². The fraction of sp³-hybridized carbons (Fsp3) is 0.333. The SMILES string of the molecule is C=CC(=O)CCN(C)C(=O)C=C. The highest BCUT2D eigenvalue weighted by Crippen LogP contribution is 1.91. The molecule has 0 saturated heterocycles. The molecule has 3 nitrogen and oxygen atoms in total. The fourth-order valence-electron chi connectivity index (χ4n) is 0.646. The predicted molar refractivity (Wildman–Crippen MR) is 47.7 cm³/mol. The average Bonchev–Trinajstić information content (AvgIpc) is 2.11. The molecule has 0 atom stereocenters. The van der Waals surface area contributed by atoms with Crippen molar-refractivity contribution in [1.82, 2.24) is 4.90 Å². The summed E-state index contributed by atoms with van der Waals surface area (Å²) in [6.45, 7) is 7.08. The molecule has 0 fully saturated rings. The minimum atomic E-state index is -0.174. The van der Waals surface area contributed by atoms with E-state index in [0.717, 1.165) is 0 Å². The maximum atomic E-state index is 10.9. The average molecular weight is 167 g/mol. The number of hydrogen-bond acceptors (Lipinski definition) is 2. The van der Waals surface area contributed by atoms with Gasteiger partial charge in [-0.3, -0.25) is 9.59 Å². The molecule has 0 N–H and O–H groups in total. The van der Waals surface area contributed by atoms with Crippen LogP contribution < -0.4 is 0 Å². The molecule has 1 amide bonds. The zero-order chi connectivity index (χ0) is 9.56. The van der Waals surface area contributed by atoms with Crippen molar-refractivity contribution in [2.75, 3.05) is 13.6 Å². The van der Waals surface area contributed by atoms with E-state index in [1.54, 1.807) is 7.05 Å². The molecule has 0 heterocycles. The Morgan fingerprint density at radius 1 is 1.33 bits per heavy atom. The van der Waals surface area contributed by atoms with Gasteiger partial charge in [0.25, 0.3) is 0 Å². The molecule has 0 aliphatic carbocycles. The van der Waals surface area contributed by atoms with Gasteiger partial charge in [0, 0.05) is 20.0 Å². The van der Waals surface area contributed by atoms with Crippen molar-refractivity contribution in [3.63, 3.8) is 0 Å². The van der Waals surface area contributed by atoms with Gasteiger partial charge in [0.05, 0.1) is 0 Å². The molecule has 0 bridgehead atoms. The number of nitrogens with zero attached hydrogens (tertiary/aromatic N) is 1. The maximum Gasteiger partial charge on any atom is 0.245 e. The number of likely N-dealkylation sites (N-methyl/N-ethyl adjacent to an activating group) is 1. The summed E-state index contributed by atoms with van der Waals surface area (Å²) in [5.41, 5.74) is 0. The van der Waals surface area contributed by atoms with E-state index in [4.69, 9.17) is 0 Å². The number of amides is 1. The van der Waals surface area contributed by atoms with Crippen LogP contribution in [-0.4, -0.2) is 30.2 Å². The minimum Gasteiger partial charge on any atom is -0.342 e. The van der Waals surface area contributed by atoms with E-state index in [1.165, 1.54) is 17.1 Å². The molecule has 0 aromatic carbocycles. The molecular weight excluding hydrogens is 154 g/mol. The van der Waals surface area contributed by atoms with Crippen LogP contribution in [0.2, 0.25) is 0 Å². The summed E-state index contributed by atoms with van der Waals surface area (Å²) >= 11 is 0. The third-order valence-corrected chi connectivity index (χ3v) is 1.47. The molecule has 0 unspecified atom stereocenters. The lowest BCUT2D eigenvalue weighted by Gasteiger charge is -2.12. The second-order valence-electron chi connectivity index (χ2n) is 2.38. The number of rotatable bonds is 5. The first-order valence-corrected chi connectivity index (χ1v) is 3.64. The summed E-state index contributed by atoms with van der Waals surface area (Å²) in [5.74, 6) is -0.231. The molecule has 0 saturated carbocycles. The number of carbonyl (C=O) groups is 2. The Bertz CT molecular complexity index is 209. The summed E-state index contributed by atoms with van der Waals surface area (Å²) in [6, 6.07) is 0. The number of carbonyl (C=O) groups excluding carboxylic acids is 2. The predicted octanol–water partition coefficient (Wildman–Crippen LogP) is 0.776. The third-order valence-electron chi connectivity index (χ3n) is 1.47. The van der Waals surface area contributed by atoms with Crippen molar-refractivity contribution in [3.05, 3.63) is 25.3 Å². The zero-order valence-corrected chi connectivity index (χ0v) is 7.25. The molecule has 0 aliphatic heterocycles. The molecule has 3 heteroatoms. The summed E-state index contributed by atoms with van der Waals surface area (Å²) in [7, 11) is 1.63. The highest BCUT2D eigenvalue weighted by atomic mass is 16.2. The van der Waals surface area contributed by atoms with Gasteiger partial charge in [-0.05, 0) is 12.2 Å². The van der Waals surface area contributed by atoms with Crippen LogP contribution in [-0.2, 0) is 9.59 Å². The lowest BCUT2D eigenvalue weighted by molar-refractivity contribution is -0.125. The number of hydrogen-bond donors (Lipinski definition) is 0. The molecule has 0 rings (SSSR count).